The van der Waals surface area contributed by atoms with Crippen molar-refractivity contribution in [2.24, 2.45) is 0 Å². The second-order valence-electron chi connectivity index (χ2n) is 3.27. The zero-order valence-electron chi connectivity index (χ0n) is 8.44. The van der Waals surface area contributed by atoms with E-state index in [0.717, 1.165) is 16.7 Å². The first-order valence-corrected chi connectivity index (χ1v) is 5.18. The Bertz CT molecular complexity index is 561. The van der Waals surface area contributed by atoms with Crippen molar-refractivity contribution in [1.29, 1.82) is 5.26 Å². The molecule has 1 aromatic heterocycles. The number of nitriles is 1. The fourth-order valence-electron chi connectivity index (χ4n) is 1.55. The van der Waals surface area contributed by atoms with Crippen molar-refractivity contribution in [1.82, 2.24) is 4.98 Å². The molecule has 16 heavy (non-hydrogen) atoms. The van der Waals surface area contributed by atoms with Gasteiger partial charge in [0.2, 0.25) is 0 Å². The number of aromatic nitrogens is 1. The highest BCUT2D eigenvalue weighted by Gasteiger charge is 2.06. The van der Waals surface area contributed by atoms with Gasteiger partial charge in [-0.25, -0.2) is 0 Å². The summed E-state index contributed by atoms with van der Waals surface area (Å²) < 4.78 is 0. The van der Waals surface area contributed by atoms with E-state index < -0.39 is 0 Å². The van der Waals surface area contributed by atoms with Crippen molar-refractivity contribution >= 4 is 17.7 Å². The number of allylic oxidation sites excluding steroid dienone is 1. The van der Waals surface area contributed by atoms with E-state index in [1.165, 1.54) is 6.08 Å². The molecular formula is C13H9ClN2. The molecule has 0 unspecified atom stereocenters. The molecule has 2 aromatic rings. The van der Waals surface area contributed by atoms with Crippen LogP contribution in [-0.2, 0) is 0 Å². The van der Waals surface area contributed by atoms with Gasteiger partial charge in [0.25, 0.3) is 0 Å². The van der Waals surface area contributed by atoms with E-state index in [1.807, 2.05) is 42.7 Å². The number of hydrogen-bond acceptors (Lipinski definition) is 1. The molecule has 0 spiro atoms. The van der Waals surface area contributed by atoms with Gasteiger partial charge >= 0.3 is 0 Å². The highest BCUT2D eigenvalue weighted by molar-refractivity contribution is 6.33. The molecule has 0 fully saturated rings. The Morgan fingerprint density at radius 3 is 2.75 bits per heavy atom. The van der Waals surface area contributed by atoms with Gasteiger partial charge in [-0.3, -0.25) is 0 Å². The van der Waals surface area contributed by atoms with E-state index in [-0.39, 0.29) is 0 Å². The Balaban J connectivity index is 2.50. The minimum Gasteiger partial charge on any atom is -0.366 e. The number of benzene rings is 1. The Kier molecular flexibility index (Phi) is 3.09. The molecule has 78 valence electrons. The molecule has 0 aliphatic carbocycles. The first kappa shape index (κ1) is 10.5. The summed E-state index contributed by atoms with van der Waals surface area (Å²) in [6.07, 6.45) is 6.92. The van der Waals surface area contributed by atoms with Crippen molar-refractivity contribution in [3.8, 4) is 17.2 Å². The summed E-state index contributed by atoms with van der Waals surface area (Å²) in [5.74, 6) is 0. The first-order valence-electron chi connectivity index (χ1n) is 4.81. The van der Waals surface area contributed by atoms with E-state index >= 15 is 0 Å². The van der Waals surface area contributed by atoms with Crippen LogP contribution in [0.3, 0.4) is 0 Å². The molecule has 0 saturated carbocycles. The first-order chi connectivity index (χ1) is 7.83. The molecule has 0 radical (unpaired) electrons. The number of hydrogen-bond donors (Lipinski definition) is 1. The molecule has 2 nitrogen and oxygen atoms in total. The second kappa shape index (κ2) is 4.69. The SMILES string of the molecule is N#C/C=C\c1c[nH]cc1-c1ccccc1Cl. The van der Waals surface area contributed by atoms with Crippen molar-refractivity contribution in [2.45, 2.75) is 0 Å². The quantitative estimate of drug-likeness (QED) is 0.779. The van der Waals surface area contributed by atoms with Crippen LogP contribution in [0.2, 0.25) is 5.02 Å². The molecule has 0 aliphatic rings. The van der Waals surface area contributed by atoms with Gasteiger partial charge in [-0.15, -0.1) is 0 Å². The number of aromatic amines is 1. The standard InChI is InChI=1S/C13H9ClN2/c14-13-6-2-1-5-11(13)12-9-16-8-10(12)4-3-7-15/h1-6,8-9,16H/b4-3-. The molecule has 2 rings (SSSR count). The van der Waals surface area contributed by atoms with Gasteiger partial charge in [0.15, 0.2) is 0 Å². The van der Waals surface area contributed by atoms with Gasteiger partial charge in [0, 0.05) is 40.2 Å². The van der Waals surface area contributed by atoms with Gasteiger partial charge in [0.05, 0.1) is 6.07 Å². The topological polar surface area (TPSA) is 39.6 Å². The van der Waals surface area contributed by atoms with E-state index in [9.17, 15) is 0 Å². The van der Waals surface area contributed by atoms with Crippen LogP contribution in [0.5, 0.6) is 0 Å². The molecule has 0 saturated heterocycles. The highest BCUT2D eigenvalue weighted by Crippen LogP contribution is 2.30. The van der Waals surface area contributed by atoms with Crippen molar-refractivity contribution < 1.29 is 0 Å². The lowest BCUT2D eigenvalue weighted by Gasteiger charge is -2.02. The summed E-state index contributed by atoms with van der Waals surface area (Å²) in [6.45, 7) is 0. The smallest absolute Gasteiger partial charge is 0.0912 e. The maximum atomic E-state index is 8.51. The molecule has 1 heterocycles. The van der Waals surface area contributed by atoms with Crippen molar-refractivity contribution in [3.63, 3.8) is 0 Å². The van der Waals surface area contributed by atoms with Crippen molar-refractivity contribution in [2.75, 3.05) is 0 Å². The summed E-state index contributed by atoms with van der Waals surface area (Å²) in [7, 11) is 0. The maximum absolute atomic E-state index is 8.51. The Labute approximate surface area is 98.8 Å². The molecule has 1 N–H and O–H groups in total. The predicted molar refractivity (Wildman–Crippen MR) is 65.9 cm³/mol. The lowest BCUT2D eigenvalue weighted by atomic mass is 10.0. The zero-order chi connectivity index (χ0) is 11.4. The lowest BCUT2D eigenvalue weighted by molar-refractivity contribution is 1.41. The van der Waals surface area contributed by atoms with Crippen LogP contribution in [0.1, 0.15) is 5.56 Å². The molecule has 0 atom stereocenters. The van der Waals surface area contributed by atoms with Gasteiger partial charge in [-0.2, -0.15) is 5.26 Å². The fraction of sp³-hybridized carbons (Fsp3) is 0. The largest absolute Gasteiger partial charge is 0.366 e. The Morgan fingerprint density at radius 1 is 1.19 bits per heavy atom. The van der Waals surface area contributed by atoms with E-state index in [1.54, 1.807) is 6.08 Å². The molecule has 0 amide bonds. The summed E-state index contributed by atoms with van der Waals surface area (Å²) in [5, 5.41) is 9.21. The third-order valence-electron chi connectivity index (χ3n) is 2.28. The number of rotatable bonds is 2. The third-order valence-corrected chi connectivity index (χ3v) is 2.61. The summed E-state index contributed by atoms with van der Waals surface area (Å²) in [4.78, 5) is 3.01. The number of nitrogens with zero attached hydrogens (tertiary/aromatic N) is 1. The normalized spacial score (nSPS) is 10.5. The number of halogens is 1. The zero-order valence-corrected chi connectivity index (χ0v) is 9.20. The van der Waals surface area contributed by atoms with Crippen LogP contribution in [0.25, 0.3) is 17.2 Å². The van der Waals surface area contributed by atoms with Gasteiger partial charge in [-0.1, -0.05) is 29.8 Å². The predicted octanol–water partition coefficient (Wildman–Crippen LogP) is 3.87. The van der Waals surface area contributed by atoms with Crippen LogP contribution < -0.4 is 0 Å². The van der Waals surface area contributed by atoms with E-state index in [2.05, 4.69) is 4.98 Å². The second-order valence-corrected chi connectivity index (χ2v) is 3.67. The maximum Gasteiger partial charge on any atom is 0.0912 e. The van der Waals surface area contributed by atoms with Crippen LogP contribution in [-0.4, -0.2) is 4.98 Å². The minimum absolute atomic E-state index is 0.703. The summed E-state index contributed by atoms with van der Waals surface area (Å²) in [5.41, 5.74) is 2.91. The third kappa shape index (κ3) is 2.00. The lowest BCUT2D eigenvalue weighted by Crippen LogP contribution is -1.78. The Morgan fingerprint density at radius 2 is 2.00 bits per heavy atom. The van der Waals surface area contributed by atoms with Crippen LogP contribution >= 0.6 is 11.6 Å². The molecule has 0 bridgehead atoms. The monoisotopic (exact) mass is 228 g/mol. The number of nitrogens with one attached hydrogen (secondary N) is 1. The van der Waals surface area contributed by atoms with Crippen LogP contribution in [0.4, 0.5) is 0 Å². The minimum atomic E-state index is 0.703. The van der Waals surface area contributed by atoms with Crippen molar-refractivity contribution in [3.05, 3.63) is 53.3 Å². The summed E-state index contributed by atoms with van der Waals surface area (Å²) in [6, 6.07) is 9.60. The van der Waals surface area contributed by atoms with E-state index in [4.69, 9.17) is 16.9 Å². The van der Waals surface area contributed by atoms with Crippen LogP contribution in [0, 0.1) is 11.3 Å². The Hall–Kier alpha value is -1.98. The van der Waals surface area contributed by atoms with Gasteiger partial charge < -0.3 is 4.98 Å². The van der Waals surface area contributed by atoms with Gasteiger partial charge in [-0.05, 0) is 12.1 Å². The summed E-state index contributed by atoms with van der Waals surface area (Å²) >= 11 is 6.12. The molecular weight excluding hydrogens is 220 g/mol. The molecule has 1 aromatic carbocycles. The van der Waals surface area contributed by atoms with E-state index in [0.29, 0.717) is 5.02 Å². The fourth-order valence-corrected chi connectivity index (χ4v) is 1.79. The molecule has 3 heteroatoms. The number of H-pyrrole nitrogens is 1. The average Bonchev–Trinajstić information content (AvgIpc) is 2.75. The van der Waals surface area contributed by atoms with Gasteiger partial charge in [0.1, 0.15) is 0 Å². The van der Waals surface area contributed by atoms with Crippen LogP contribution in [0.15, 0.2) is 42.7 Å². The molecule has 0 aliphatic heterocycles. The average molecular weight is 229 g/mol. The highest BCUT2D eigenvalue weighted by atomic mass is 35.5.